The van der Waals surface area contributed by atoms with Crippen molar-refractivity contribution >= 4 is 11.5 Å². The fraction of sp³-hybridized carbons (Fsp3) is 0.417. The molecule has 0 radical (unpaired) electrons. The van der Waals surface area contributed by atoms with Crippen molar-refractivity contribution in [2.45, 2.75) is 33.4 Å². The molecule has 0 bridgehead atoms. The van der Waals surface area contributed by atoms with Gasteiger partial charge in [0.15, 0.2) is 0 Å². The van der Waals surface area contributed by atoms with E-state index in [1.165, 1.54) is 0 Å². The average Bonchev–Trinajstić information content (AvgIpc) is 2.87. The number of furan rings is 1. The molecule has 0 aliphatic carbocycles. The number of aromatic nitrogens is 2. The lowest BCUT2D eigenvalue weighted by Crippen LogP contribution is -2.10. The van der Waals surface area contributed by atoms with Gasteiger partial charge in [0.05, 0.1) is 23.9 Å². The van der Waals surface area contributed by atoms with Crippen molar-refractivity contribution in [1.82, 2.24) is 9.78 Å². The number of hydrogen-bond donors (Lipinski definition) is 2. The third-order valence-electron chi connectivity index (χ3n) is 2.66. The van der Waals surface area contributed by atoms with E-state index < -0.39 is 0 Å². The molecule has 0 aliphatic heterocycles. The molecule has 0 aliphatic rings. The minimum atomic E-state index is 0.276. The Kier molecular flexibility index (Phi) is 3.08. The molecule has 2 rings (SSSR count). The van der Waals surface area contributed by atoms with Crippen LogP contribution in [0, 0.1) is 6.92 Å². The van der Waals surface area contributed by atoms with Crippen molar-refractivity contribution in [3.63, 3.8) is 0 Å². The molecule has 17 heavy (non-hydrogen) atoms. The third kappa shape index (κ3) is 2.27. The molecule has 0 fully saturated rings. The minimum absolute atomic E-state index is 0.276. The van der Waals surface area contributed by atoms with Crippen LogP contribution < -0.4 is 11.1 Å². The van der Waals surface area contributed by atoms with Crippen molar-refractivity contribution in [1.29, 1.82) is 0 Å². The standard InChI is InChI=1S/C12H18N4O/c1-8(2)16-12(11(13)9(3)15-16)14-6-10-4-5-17-7-10/h4-5,7-8,14H,6,13H2,1-3H3. The van der Waals surface area contributed by atoms with Crippen molar-refractivity contribution in [3.05, 3.63) is 29.9 Å². The van der Waals surface area contributed by atoms with E-state index in [0.29, 0.717) is 12.2 Å². The van der Waals surface area contributed by atoms with Crippen LogP contribution >= 0.6 is 0 Å². The first-order valence-corrected chi connectivity index (χ1v) is 5.69. The van der Waals surface area contributed by atoms with Crippen LogP contribution in [0.25, 0.3) is 0 Å². The van der Waals surface area contributed by atoms with Gasteiger partial charge in [-0.25, -0.2) is 4.68 Å². The lowest BCUT2D eigenvalue weighted by Gasteiger charge is -2.12. The summed E-state index contributed by atoms with van der Waals surface area (Å²) >= 11 is 0. The Hall–Kier alpha value is -1.91. The highest BCUT2D eigenvalue weighted by Crippen LogP contribution is 2.25. The van der Waals surface area contributed by atoms with Crippen LogP contribution in [-0.4, -0.2) is 9.78 Å². The van der Waals surface area contributed by atoms with Crippen LogP contribution in [0.4, 0.5) is 11.5 Å². The van der Waals surface area contributed by atoms with Gasteiger partial charge in [-0.2, -0.15) is 5.10 Å². The van der Waals surface area contributed by atoms with Crippen LogP contribution in [0.1, 0.15) is 31.1 Å². The van der Waals surface area contributed by atoms with E-state index in [-0.39, 0.29) is 6.04 Å². The molecule has 2 aromatic heterocycles. The molecule has 5 nitrogen and oxygen atoms in total. The lowest BCUT2D eigenvalue weighted by molar-refractivity contribution is 0.534. The van der Waals surface area contributed by atoms with Gasteiger partial charge < -0.3 is 15.5 Å². The molecule has 0 saturated carbocycles. The highest BCUT2D eigenvalue weighted by molar-refractivity contribution is 5.64. The number of nitrogens with zero attached hydrogens (tertiary/aromatic N) is 2. The van der Waals surface area contributed by atoms with E-state index in [1.54, 1.807) is 12.5 Å². The van der Waals surface area contributed by atoms with Gasteiger partial charge >= 0.3 is 0 Å². The smallest absolute Gasteiger partial charge is 0.148 e. The Morgan fingerprint density at radius 2 is 2.29 bits per heavy atom. The number of nitrogens with two attached hydrogens (primary N) is 1. The number of anilines is 2. The zero-order valence-electron chi connectivity index (χ0n) is 10.4. The predicted molar refractivity (Wildman–Crippen MR) is 67.8 cm³/mol. The zero-order chi connectivity index (χ0) is 12.4. The van der Waals surface area contributed by atoms with Gasteiger partial charge in [-0.05, 0) is 26.8 Å². The quantitative estimate of drug-likeness (QED) is 0.853. The van der Waals surface area contributed by atoms with Gasteiger partial charge in [-0.15, -0.1) is 0 Å². The van der Waals surface area contributed by atoms with Crippen LogP contribution in [0.5, 0.6) is 0 Å². The first-order valence-electron chi connectivity index (χ1n) is 5.69. The topological polar surface area (TPSA) is 69.0 Å². The van der Waals surface area contributed by atoms with Crippen molar-refractivity contribution in [2.75, 3.05) is 11.1 Å². The molecule has 2 aromatic rings. The fourth-order valence-corrected chi connectivity index (χ4v) is 1.69. The monoisotopic (exact) mass is 234 g/mol. The molecule has 0 aromatic carbocycles. The number of nitrogens with one attached hydrogen (secondary N) is 1. The number of aryl methyl sites for hydroxylation is 1. The van der Waals surface area contributed by atoms with Crippen molar-refractivity contribution in [3.8, 4) is 0 Å². The molecule has 0 spiro atoms. The number of nitrogen functional groups attached to an aromatic ring is 1. The molecular formula is C12H18N4O. The molecule has 0 saturated heterocycles. The van der Waals surface area contributed by atoms with E-state index in [4.69, 9.17) is 10.2 Å². The van der Waals surface area contributed by atoms with Crippen molar-refractivity contribution in [2.24, 2.45) is 0 Å². The zero-order valence-corrected chi connectivity index (χ0v) is 10.4. The Bertz CT molecular complexity index is 485. The van der Waals surface area contributed by atoms with Crippen LogP contribution in [0.3, 0.4) is 0 Å². The lowest BCUT2D eigenvalue weighted by atomic mass is 10.3. The second-order valence-electron chi connectivity index (χ2n) is 4.37. The van der Waals surface area contributed by atoms with Gasteiger partial charge in [0, 0.05) is 18.2 Å². The summed E-state index contributed by atoms with van der Waals surface area (Å²) in [7, 11) is 0. The summed E-state index contributed by atoms with van der Waals surface area (Å²) in [6, 6.07) is 2.20. The Morgan fingerprint density at radius 1 is 1.53 bits per heavy atom. The van der Waals surface area contributed by atoms with E-state index in [9.17, 15) is 0 Å². The molecule has 0 atom stereocenters. The second-order valence-corrected chi connectivity index (χ2v) is 4.37. The molecule has 3 N–H and O–H groups in total. The fourth-order valence-electron chi connectivity index (χ4n) is 1.69. The Balaban J connectivity index is 2.19. The summed E-state index contributed by atoms with van der Waals surface area (Å²) in [5, 5.41) is 7.72. The number of rotatable bonds is 4. The molecule has 2 heterocycles. The van der Waals surface area contributed by atoms with E-state index in [2.05, 4.69) is 24.3 Å². The van der Waals surface area contributed by atoms with E-state index >= 15 is 0 Å². The SMILES string of the molecule is Cc1nn(C(C)C)c(NCc2ccoc2)c1N. The largest absolute Gasteiger partial charge is 0.472 e. The maximum atomic E-state index is 6.01. The summed E-state index contributed by atoms with van der Waals surface area (Å²) in [6.45, 7) is 6.75. The van der Waals surface area contributed by atoms with E-state index in [1.807, 2.05) is 17.7 Å². The van der Waals surface area contributed by atoms with Gasteiger partial charge in [-0.1, -0.05) is 0 Å². The molecular weight excluding hydrogens is 216 g/mol. The van der Waals surface area contributed by atoms with E-state index in [0.717, 1.165) is 17.1 Å². The first-order chi connectivity index (χ1) is 8.09. The Morgan fingerprint density at radius 3 is 2.88 bits per heavy atom. The second kappa shape index (κ2) is 4.53. The van der Waals surface area contributed by atoms with Crippen molar-refractivity contribution < 1.29 is 4.42 Å². The molecule has 5 heteroatoms. The molecule has 92 valence electrons. The number of hydrogen-bond acceptors (Lipinski definition) is 4. The predicted octanol–water partition coefficient (Wildman–Crippen LogP) is 2.56. The minimum Gasteiger partial charge on any atom is -0.472 e. The highest BCUT2D eigenvalue weighted by Gasteiger charge is 2.14. The maximum absolute atomic E-state index is 6.01. The van der Waals surface area contributed by atoms with Gasteiger partial charge in [0.2, 0.25) is 0 Å². The normalized spacial score (nSPS) is 11.1. The van der Waals surface area contributed by atoms with Gasteiger partial charge in [0.25, 0.3) is 0 Å². The maximum Gasteiger partial charge on any atom is 0.148 e. The average molecular weight is 234 g/mol. The Labute approximate surface area is 101 Å². The summed E-state index contributed by atoms with van der Waals surface area (Å²) in [6.07, 6.45) is 3.37. The summed E-state index contributed by atoms with van der Waals surface area (Å²) < 4.78 is 6.93. The third-order valence-corrected chi connectivity index (χ3v) is 2.66. The summed E-state index contributed by atoms with van der Waals surface area (Å²) in [5.74, 6) is 0.874. The van der Waals surface area contributed by atoms with Crippen LogP contribution in [0.15, 0.2) is 23.0 Å². The first kappa shape index (κ1) is 11.6. The van der Waals surface area contributed by atoms with Gasteiger partial charge in [0.1, 0.15) is 5.82 Å². The molecule has 0 unspecified atom stereocenters. The highest BCUT2D eigenvalue weighted by atomic mass is 16.3. The van der Waals surface area contributed by atoms with Gasteiger partial charge in [-0.3, -0.25) is 0 Å². The van der Waals surface area contributed by atoms with Crippen LogP contribution in [-0.2, 0) is 6.54 Å². The summed E-state index contributed by atoms with van der Waals surface area (Å²) in [4.78, 5) is 0. The summed E-state index contributed by atoms with van der Waals surface area (Å²) in [5.41, 5.74) is 8.66. The molecule has 0 amide bonds. The van der Waals surface area contributed by atoms with Crippen LogP contribution in [0.2, 0.25) is 0 Å².